The van der Waals surface area contributed by atoms with E-state index in [1.807, 2.05) is 64.2 Å². The highest BCUT2D eigenvalue weighted by molar-refractivity contribution is 5.98. The number of likely N-dealkylation sites (N-methyl/N-ethyl adjacent to an activating group) is 1. The van der Waals surface area contributed by atoms with E-state index in [4.69, 9.17) is 15.6 Å². The first-order chi connectivity index (χ1) is 16.6. The highest BCUT2D eigenvalue weighted by Crippen LogP contribution is 2.35. The Balaban J connectivity index is 1.42. The molecule has 1 fully saturated rings. The third kappa shape index (κ3) is 4.29. The molecule has 9 heteroatoms. The van der Waals surface area contributed by atoms with Gasteiger partial charge < -0.3 is 20.7 Å². The first-order valence-electron chi connectivity index (χ1n) is 11.4. The molecule has 0 saturated carbocycles. The topological polar surface area (TPSA) is 111 Å². The summed E-state index contributed by atoms with van der Waals surface area (Å²) in [6.45, 7) is 1.73. The number of anilines is 1. The molecule has 0 aliphatic carbocycles. The van der Waals surface area contributed by atoms with Gasteiger partial charge in [-0.2, -0.15) is 5.10 Å². The first kappa shape index (κ1) is 21.8. The van der Waals surface area contributed by atoms with Gasteiger partial charge in [0.25, 0.3) is 0 Å². The molecule has 2 aromatic heterocycles. The van der Waals surface area contributed by atoms with Gasteiger partial charge in [0.05, 0.1) is 18.0 Å². The molecule has 0 bridgehead atoms. The molecule has 4 aromatic rings. The van der Waals surface area contributed by atoms with Crippen LogP contribution in [0.25, 0.3) is 22.3 Å². The third-order valence-electron chi connectivity index (χ3n) is 6.12. The number of aromatic nitrogens is 4. The average molecular weight is 458 g/mol. The summed E-state index contributed by atoms with van der Waals surface area (Å²) in [5, 5.41) is 8.61. The number of rotatable bonds is 6. The summed E-state index contributed by atoms with van der Waals surface area (Å²) in [6.07, 6.45) is 3.08. The Bertz CT molecular complexity index is 1280. The van der Waals surface area contributed by atoms with Gasteiger partial charge >= 0.3 is 0 Å². The molecule has 9 nitrogen and oxygen atoms in total. The maximum Gasteiger partial charge on any atom is 0.236 e. The van der Waals surface area contributed by atoms with Crippen LogP contribution >= 0.6 is 0 Å². The number of carbonyl (C=O) groups is 1. The SMILES string of the molecule is CNCC(=O)N1CCC(n2nc(-c3ccc(Oc4ccccc4)cc3)c3c(N)ncnc32)CC1. The normalized spacial score (nSPS) is 14.4. The summed E-state index contributed by atoms with van der Waals surface area (Å²) in [4.78, 5) is 22.8. The Morgan fingerprint density at radius 1 is 1.06 bits per heavy atom. The summed E-state index contributed by atoms with van der Waals surface area (Å²) in [5.41, 5.74) is 8.64. The first-order valence-corrected chi connectivity index (χ1v) is 11.4. The molecule has 3 N–H and O–H groups in total. The van der Waals surface area contributed by atoms with Crippen molar-refractivity contribution < 1.29 is 9.53 Å². The lowest BCUT2D eigenvalue weighted by Gasteiger charge is -2.32. The lowest BCUT2D eigenvalue weighted by molar-refractivity contribution is -0.131. The number of fused-ring (bicyclic) bond motifs is 1. The number of nitrogens with two attached hydrogens (primary N) is 1. The second kappa shape index (κ2) is 9.48. The zero-order valence-corrected chi connectivity index (χ0v) is 19.0. The van der Waals surface area contributed by atoms with Crippen LogP contribution in [-0.4, -0.2) is 57.2 Å². The Labute approximate surface area is 197 Å². The van der Waals surface area contributed by atoms with Crippen molar-refractivity contribution >= 4 is 22.8 Å². The smallest absolute Gasteiger partial charge is 0.236 e. The van der Waals surface area contributed by atoms with Gasteiger partial charge in [0.1, 0.15) is 29.3 Å². The number of amides is 1. The molecule has 0 atom stereocenters. The third-order valence-corrected chi connectivity index (χ3v) is 6.12. The summed E-state index contributed by atoms with van der Waals surface area (Å²) >= 11 is 0. The van der Waals surface area contributed by atoms with Crippen LogP contribution in [-0.2, 0) is 4.79 Å². The summed E-state index contributed by atoms with van der Waals surface area (Å²) in [6, 6.07) is 17.6. The molecular weight excluding hydrogens is 430 g/mol. The lowest BCUT2D eigenvalue weighted by Crippen LogP contribution is -2.42. The Kier molecular flexibility index (Phi) is 6.09. The van der Waals surface area contributed by atoms with Crippen LogP contribution < -0.4 is 15.8 Å². The van der Waals surface area contributed by atoms with Crippen LogP contribution in [0.5, 0.6) is 11.5 Å². The minimum atomic E-state index is 0.122. The molecule has 0 unspecified atom stereocenters. The van der Waals surface area contributed by atoms with E-state index in [1.165, 1.54) is 6.33 Å². The Morgan fingerprint density at radius 2 is 1.76 bits per heavy atom. The quantitative estimate of drug-likeness (QED) is 0.457. The second-order valence-corrected chi connectivity index (χ2v) is 8.33. The van der Waals surface area contributed by atoms with E-state index in [1.54, 1.807) is 7.05 Å². The molecule has 3 heterocycles. The van der Waals surface area contributed by atoms with Crippen LogP contribution in [0.2, 0.25) is 0 Å². The van der Waals surface area contributed by atoms with Gasteiger partial charge in [-0.15, -0.1) is 0 Å². The van der Waals surface area contributed by atoms with E-state index >= 15 is 0 Å². The minimum Gasteiger partial charge on any atom is -0.457 e. The van der Waals surface area contributed by atoms with Gasteiger partial charge in [-0.1, -0.05) is 18.2 Å². The highest BCUT2D eigenvalue weighted by Gasteiger charge is 2.27. The van der Waals surface area contributed by atoms with Crippen molar-refractivity contribution in [1.82, 2.24) is 30.0 Å². The molecule has 1 aliphatic rings. The fraction of sp³-hybridized carbons (Fsp3) is 0.280. The zero-order chi connectivity index (χ0) is 23.5. The fourth-order valence-electron chi connectivity index (χ4n) is 4.38. The molecule has 5 rings (SSSR count). The van der Waals surface area contributed by atoms with Gasteiger partial charge in [0.2, 0.25) is 5.91 Å². The van der Waals surface area contributed by atoms with E-state index in [0.717, 1.165) is 41.0 Å². The van der Waals surface area contributed by atoms with Crippen LogP contribution in [0.15, 0.2) is 60.9 Å². The maximum absolute atomic E-state index is 12.2. The zero-order valence-electron chi connectivity index (χ0n) is 19.0. The van der Waals surface area contributed by atoms with Crippen molar-refractivity contribution in [3.05, 3.63) is 60.9 Å². The van der Waals surface area contributed by atoms with Crippen molar-refractivity contribution in [2.75, 3.05) is 32.4 Å². The minimum absolute atomic E-state index is 0.122. The van der Waals surface area contributed by atoms with Crippen LogP contribution in [0.1, 0.15) is 18.9 Å². The maximum atomic E-state index is 12.2. The van der Waals surface area contributed by atoms with Gasteiger partial charge in [-0.05, 0) is 56.3 Å². The predicted molar refractivity (Wildman–Crippen MR) is 130 cm³/mol. The van der Waals surface area contributed by atoms with E-state index in [0.29, 0.717) is 31.1 Å². The van der Waals surface area contributed by atoms with Crippen molar-refractivity contribution in [1.29, 1.82) is 0 Å². The van der Waals surface area contributed by atoms with Gasteiger partial charge in [-0.3, -0.25) is 4.79 Å². The van der Waals surface area contributed by atoms with Crippen LogP contribution in [0, 0.1) is 0 Å². The van der Waals surface area contributed by atoms with Gasteiger partial charge in [0.15, 0.2) is 5.65 Å². The predicted octanol–water partition coefficient (Wildman–Crippen LogP) is 3.25. The highest BCUT2D eigenvalue weighted by atomic mass is 16.5. The summed E-state index contributed by atoms with van der Waals surface area (Å²) in [5.74, 6) is 2.04. The molecule has 1 amide bonds. The Morgan fingerprint density at radius 3 is 2.47 bits per heavy atom. The number of likely N-dealkylation sites (tertiary alicyclic amines) is 1. The largest absolute Gasteiger partial charge is 0.457 e. The number of para-hydroxylation sites is 1. The molecule has 1 aliphatic heterocycles. The fourth-order valence-corrected chi connectivity index (χ4v) is 4.38. The van der Waals surface area contributed by atoms with E-state index < -0.39 is 0 Å². The van der Waals surface area contributed by atoms with Crippen molar-refractivity contribution in [3.63, 3.8) is 0 Å². The average Bonchev–Trinajstić information content (AvgIpc) is 3.26. The van der Waals surface area contributed by atoms with Gasteiger partial charge in [-0.25, -0.2) is 14.6 Å². The number of nitrogens with zero attached hydrogens (tertiary/aromatic N) is 5. The van der Waals surface area contributed by atoms with E-state index in [-0.39, 0.29) is 11.9 Å². The summed E-state index contributed by atoms with van der Waals surface area (Å²) in [7, 11) is 1.78. The molecule has 174 valence electrons. The number of hydrogen-bond acceptors (Lipinski definition) is 7. The molecule has 2 aromatic carbocycles. The standard InChI is InChI=1S/C25H27N7O2/c1-27-15-21(33)31-13-11-18(12-14-31)32-25-22(24(26)28-16-29-25)23(30-32)17-7-9-20(10-8-17)34-19-5-3-2-4-6-19/h2-10,16,18,27H,11-15H2,1H3,(H2,26,28,29). The number of nitrogens with one attached hydrogen (secondary N) is 1. The number of nitrogen functional groups attached to an aromatic ring is 1. The second-order valence-electron chi connectivity index (χ2n) is 8.33. The molecular formula is C25H27N7O2. The molecule has 0 radical (unpaired) electrons. The van der Waals surface area contributed by atoms with Crippen LogP contribution in [0.4, 0.5) is 5.82 Å². The number of ether oxygens (including phenoxy) is 1. The van der Waals surface area contributed by atoms with Crippen molar-refractivity contribution in [3.8, 4) is 22.8 Å². The number of hydrogen-bond donors (Lipinski definition) is 2. The van der Waals surface area contributed by atoms with E-state index in [9.17, 15) is 4.79 Å². The number of piperidine rings is 1. The lowest BCUT2D eigenvalue weighted by atomic mass is 10.1. The van der Waals surface area contributed by atoms with E-state index in [2.05, 4.69) is 15.3 Å². The van der Waals surface area contributed by atoms with Gasteiger partial charge in [0, 0.05) is 18.7 Å². The molecule has 0 spiro atoms. The van der Waals surface area contributed by atoms with Crippen molar-refractivity contribution in [2.24, 2.45) is 0 Å². The molecule has 1 saturated heterocycles. The van der Waals surface area contributed by atoms with Crippen LogP contribution in [0.3, 0.4) is 0 Å². The Hall–Kier alpha value is -3.98. The monoisotopic (exact) mass is 457 g/mol. The number of carbonyl (C=O) groups excluding carboxylic acids is 1. The number of benzene rings is 2. The summed E-state index contributed by atoms with van der Waals surface area (Å²) < 4.78 is 7.87. The van der Waals surface area contributed by atoms with Crippen molar-refractivity contribution in [2.45, 2.75) is 18.9 Å². The molecule has 34 heavy (non-hydrogen) atoms.